The Balaban J connectivity index is 1.68. The average Bonchev–Trinajstić information content (AvgIpc) is 2.61. The highest BCUT2D eigenvalue weighted by Crippen LogP contribution is 2.17. The van der Waals surface area contributed by atoms with Crippen molar-refractivity contribution in [2.24, 2.45) is 5.92 Å². The molecule has 3 rings (SSSR count). The molecule has 1 aromatic carbocycles. The molecule has 2 aromatic rings. The van der Waals surface area contributed by atoms with Crippen LogP contribution in [0, 0.1) is 5.92 Å². The average molecular weight is 358 g/mol. The van der Waals surface area contributed by atoms with Gasteiger partial charge in [-0.05, 0) is 29.5 Å². The monoisotopic (exact) mass is 357 g/mol. The fraction of sp³-hybridized carbons (Fsp3) is 0.500. The van der Waals surface area contributed by atoms with Gasteiger partial charge in [0.05, 0.1) is 4.99 Å². The van der Waals surface area contributed by atoms with E-state index in [0.717, 1.165) is 60.6 Å². The van der Waals surface area contributed by atoms with E-state index < -0.39 is 0 Å². The first-order chi connectivity index (χ1) is 12.0. The number of aryl methyl sites for hydroxylation is 1. The van der Waals surface area contributed by atoms with Gasteiger partial charge in [0.25, 0.3) is 5.56 Å². The molecule has 1 saturated heterocycles. The fourth-order valence-corrected chi connectivity index (χ4v) is 3.59. The van der Waals surface area contributed by atoms with Crippen LogP contribution in [0.1, 0.15) is 31.9 Å². The molecule has 4 nitrogen and oxygen atoms in total. The maximum Gasteiger partial charge on any atom is 0.251 e. The van der Waals surface area contributed by atoms with Crippen LogP contribution in [-0.4, -0.2) is 46.0 Å². The predicted octanol–water partition coefficient (Wildman–Crippen LogP) is 3.19. The topological polar surface area (TPSA) is 39.3 Å². The standard InChI is InChI=1S/C20H27N3OS/c1-4-16-12-17-6-5-15(11-18(17)21-19(16)24)13-22-7-9-23(10-8-22)20(25)14(2)3/h5-6,11-12,14H,4,7-10,13H2,1-3H3,(H,21,24). The number of thiocarbonyl (C=S) groups is 1. The molecule has 25 heavy (non-hydrogen) atoms. The molecule has 0 spiro atoms. The first-order valence-corrected chi connectivity index (χ1v) is 9.54. The first-order valence-electron chi connectivity index (χ1n) is 9.14. The quantitative estimate of drug-likeness (QED) is 0.853. The van der Waals surface area contributed by atoms with Crippen LogP contribution in [0.4, 0.5) is 0 Å². The molecule has 134 valence electrons. The summed E-state index contributed by atoms with van der Waals surface area (Å²) in [5.74, 6) is 0.437. The predicted molar refractivity (Wildman–Crippen MR) is 108 cm³/mol. The second-order valence-electron chi connectivity index (χ2n) is 7.15. The molecule has 0 radical (unpaired) electrons. The van der Waals surface area contributed by atoms with E-state index in [9.17, 15) is 4.79 Å². The van der Waals surface area contributed by atoms with Crippen molar-refractivity contribution in [3.05, 3.63) is 45.7 Å². The van der Waals surface area contributed by atoms with E-state index in [4.69, 9.17) is 12.2 Å². The van der Waals surface area contributed by atoms with Gasteiger partial charge in [0.1, 0.15) is 0 Å². The van der Waals surface area contributed by atoms with Gasteiger partial charge >= 0.3 is 0 Å². The summed E-state index contributed by atoms with van der Waals surface area (Å²) < 4.78 is 0. The highest BCUT2D eigenvalue weighted by molar-refractivity contribution is 7.80. The lowest BCUT2D eigenvalue weighted by Crippen LogP contribution is -2.48. The highest BCUT2D eigenvalue weighted by atomic mass is 32.1. The zero-order valence-corrected chi connectivity index (χ0v) is 16.2. The van der Waals surface area contributed by atoms with Gasteiger partial charge < -0.3 is 9.88 Å². The number of nitrogens with one attached hydrogen (secondary N) is 1. The number of benzene rings is 1. The Bertz CT molecular complexity index is 819. The van der Waals surface area contributed by atoms with Crippen molar-refractivity contribution in [2.45, 2.75) is 33.7 Å². The lowest BCUT2D eigenvalue weighted by atomic mass is 10.1. The maximum absolute atomic E-state index is 12.0. The molecular weight excluding hydrogens is 330 g/mol. The summed E-state index contributed by atoms with van der Waals surface area (Å²) in [6.45, 7) is 11.3. The molecule has 0 saturated carbocycles. The summed E-state index contributed by atoms with van der Waals surface area (Å²) in [5.41, 5.74) is 3.05. The molecule has 1 fully saturated rings. The first kappa shape index (κ1) is 18.1. The van der Waals surface area contributed by atoms with E-state index in [1.165, 1.54) is 5.56 Å². The number of rotatable bonds is 4. The van der Waals surface area contributed by atoms with Crippen LogP contribution in [0.2, 0.25) is 0 Å². The molecule has 1 aliphatic heterocycles. The van der Waals surface area contributed by atoms with E-state index in [-0.39, 0.29) is 5.56 Å². The van der Waals surface area contributed by atoms with Crippen molar-refractivity contribution >= 4 is 28.1 Å². The van der Waals surface area contributed by atoms with E-state index >= 15 is 0 Å². The van der Waals surface area contributed by atoms with Crippen molar-refractivity contribution in [1.29, 1.82) is 0 Å². The van der Waals surface area contributed by atoms with Crippen LogP contribution < -0.4 is 5.56 Å². The molecular formula is C20H27N3OS. The van der Waals surface area contributed by atoms with Crippen LogP contribution >= 0.6 is 12.2 Å². The van der Waals surface area contributed by atoms with Crippen LogP contribution in [0.3, 0.4) is 0 Å². The van der Waals surface area contributed by atoms with E-state index in [0.29, 0.717) is 5.92 Å². The van der Waals surface area contributed by atoms with E-state index in [1.54, 1.807) is 0 Å². The van der Waals surface area contributed by atoms with Gasteiger partial charge in [-0.1, -0.05) is 45.1 Å². The second kappa shape index (κ2) is 7.67. The lowest BCUT2D eigenvalue weighted by molar-refractivity contribution is 0.174. The van der Waals surface area contributed by atoms with Gasteiger partial charge in [-0.25, -0.2) is 0 Å². The summed E-state index contributed by atoms with van der Waals surface area (Å²) in [4.78, 5) is 20.9. The van der Waals surface area contributed by atoms with Gasteiger partial charge in [-0.15, -0.1) is 0 Å². The zero-order valence-electron chi connectivity index (χ0n) is 15.3. The van der Waals surface area contributed by atoms with Gasteiger partial charge in [-0.2, -0.15) is 0 Å². The van der Waals surface area contributed by atoms with E-state index in [2.05, 4.69) is 46.8 Å². The number of aromatic amines is 1. The molecule has 1 N–H and O–H groups in total. The van der Waals surface area contributed by atoms with Crippen molar-refractivity contribution in [2.75, 3.05) is 26.2 Å². The van der Waals surface area contributed by atoms with Crippen molar-refractivity contribution in [3.8, 4) is 0 Å². The second-order valence-corrected chi connectivity index (χ2v) is 7.57. The van der Waals surface area contributed by atoms with Crippen molar-refractivity contribution < 1.29 is 0 Å². The van der Waals surface area contributed by atoms with Crippen LogP contribution in [0.5, 0.6) is 0 Å². The maximum atomic E-state index is 12.0. The minimum atomic E-state index is 0.0305. The molecule has 1 aromatic heterocycles. The summed E-state index contributed by atoms with van der Waals surface area (Å²) >= 11 is 5.53. The van der Waals surface area contributed by atoms with Gasteiger partial charge in [0.2, 0.25) is 0 Å². The molecule has 0 atom stereocenters. The summed E-state index contributed by atoms with van der Waals surface area (Å²) in [5, 5.41) is 1.10. The number of piperazine rings is 1. The highest BCUT2D eigenvalue weighted by Gasteiger charge is 2.20. The van der Waals surface area contributed by atoms with Crippen molar-refractivity contribution in [1.82, 2.24) is 14.8 Å². The summed E-state index contributed by atoms with van der Waals surface area (Å²) in [7, 11) is 0. The van der Waals surface area contributed by atoms with Crippen LogP contribution in [-0.2, 0) is 13.0 Å². The zero-order chi connectivity index (χ0) is 18.0. The molecule has 0 aliphatic carbocycles. The number of aromatic nitrogens is 1. The summed E-state index contributed by atoms with van der Waals surface area (Å²) in [6, 6.07) is 8.40. The third-order valence-electron chi connectivity index (χ3n) is 4.95. The third kappa shape index (κ3) is 4.10. The molecule has 0 bridgehead atoms. The lowest BCUT2D eigenvalue weighted by Gasteiger charge is -2.37. The molecule has 1 aliphatic rings. The Kier molecular flexibility index (Phi) is 5.54. The number of H-pyrrole nitrogens is 1. The SMILES string of the molecule is CCc1cc2ccc(CN3CCN(C(=S)C(C)C)CC3)cc2[nH]c1=O. The Labute approximate surface area is 154 Å². The van der Waals surface area contributed by atoms with Gasteiger partial charge in [0, 0.05) is 49.7 Å². The minimum absolute atomic E-state index is 0.0305. The number of hydrogen-bond acceptors (Lipinski definition) is 3. The Hall–Kier alpha value is -1.72. The fourth-order valence-electron chi connectivity index (χ4n) is 3.40. The smallest absolute Gasteiger partial charge is 0.251 e. The molecule has 0 unspecified atom stereocenters. The number of hydrogen-bond donors (Lipinski definition) is 1. The molecule has 2 heterocycles. The Morgan fingerprint density at radius 2 is 1.92 bits per heavy atom. The Morgan fingerprint density at radius 3 is 2.56 bits per heavy atom. The van der Waals surface area contributed by atoms with Crippen molar-refractivity contribution in [3.63, 3.8) is 0 Å². The Morgan fingerprint density at radius 1 is 1.20 bits per heavy atom. The number of fused-ring (bicyclic) bond motifs is 1. The number of nitrogens with zero attached hydrogens (tertiary/aromatic N) is 2. The van der Waals surface area contributed by atoms with Crippen LogP contribution in [0.15, 0.2) is 29.1 Å². The largest absolute Gasteiger partial charge is 0.363 e. The van der Waals surface area contributed by atoms with E-state index in [1.807, 2.05) is 13.0 Å². The molecule has 0 amide bonds. The minimum Gasteiger partial charge on any atom is -0.363 e. The molecule has 5 heteroatoms. The van der Waals surface area contributed by atoms with Gasteiger partial charge in [0.15, 0.2) is 0 Å². The third-order valence-corrected chi connectivity index (χ3v) is 5.68. The number of pyridine rings is 1. The summed E-state index contributed by atoms with van der Waals surface area (Å²) in [6.07, 6.45) is 0.759. The van der Waals surface area contributed by atoms with Crippen LogP contribution in [0.25, 0.3) is 10.9 Å². The normalized spacial score (nSPS) is 15.9. The van der Waals surface area contributed by atoms with Gasteiger partial charge in [-0.3, -0.25) is 9.69 Å².